The number of nitrogen functional groups attached to an aromatic ring is 1. The van der Waals surface area contributed by atoms with Crippen LogP contribution in [-0.2, 0) is 13.6 Å². The zero-order chi connectivity index (χ0) is 25.4. The Hall–Kier alpha value is -4.36. The monoisotopic (exact) mass is 507 g/mol. The normalized spacial score (nSPS) is 12.2. The molecule has 0 saturated heterocycles. The van der Waals surface area contributed by atoms with Crippen LogP contribution in [0.25, 0.3) is 28.0 Å². The van der Waals surface area contributed by atoms with Gasteiger partial charge in [0.1, 0.15) is 23.5 Å². The smallest absolute Gasteiger partial charge is 0.266 e. The maximum Gasteiger partial charge on any atom is 0.266 e. The molecule has 0 spiro atoms. The molecule has 14 heteroatoms. The highest BCUT2D eigenvalue weighted by atomic mass is 35.5. The van der Waals surface area contributed by atoms with Crippen molar-refractivity contribution in [2.45, 2.75) is 19.5 Å². The van der Waals surface area contributed by atoms with E-state index in [-0.39, 0.29) is 23.8 Å². The van der Waals surface area contributed by atoms with Gasteiger partial charge in [0.2, 0.25) is 5.82 Å². The summed E-state index contributed by atoms with van der Waals surface area (Å²) < 4.78 is 3.05. The average Bonchev–Trinajstić information content (AvgIpc) is 3.48. The molecule has 0 bridgehead atoms. The van der Waals surface area contributed by atoms with Crippen molar-refractivity contribution in [2.75, 3.05) is 17.7 Å². The van der Waals surface area contributed by atoms with E-state index in [1.54, 1.807) is 36.1 Å². The number of rotatable bonds is 7. The van der Waals surface area contributed by atoms with Gasteiger partial charge in [0.25, 0.3) is 5.56 Å². The summed E-state index contributed by atoms with van der Waals surface area (Å²) in [6.07, 6.45) is 3.02. The SMILES string of the molecule is C[C@H](Nc1ncnc(N)c1-c1nnn(C)n1)c1cc2cccc(Cl)c2c(=O)n1-c1ccn(CCO)n1. The van der Waals surface area contributed by atoms with E-state index >= 15 is 0 Å². The van der Waals surface area contributed by atoms with Gasteiger partial charge in [0, 0.05) is 12.3 Å². The van der Waals surface area contributed by atoms with Crippen LogP contribution in [0.5, 0.6) is 0 Å². The number of hydrogen-bond acceptors (Lipinski definition) is 10. The van der Waals surface area contributed by atoms with Gasteiger partial charge in [-0.05, 0) is 29.7 Å². The molecule has 0 amide bonds. The zero-order valence-electron chi connectivity index (χ0n) is 19.4. The van der Waals surface area contributed by atoms with Crippen molar-refractivity contribution in [3.05, 3.63) is 63.9 Å². The van der Waals surface area contributed by atoms with Gasteiger partial charge in [0.05, 0.1) is 42.3 Å². The lowest BCUT2D eigenvalue weighted by Gasteiger charge is -2.21. The molecule has 4 aromatic heterocycles. The largest absolute Gasteiger partial charge is 0.394 e. The first-order valence-corrected chi connectivity index (χ1v) is 11.4. The Morgan fingerprint density at radius 1 is 1.22 bits per heavy atom. The fourth-order valence-electron chi connectivity index (χ4n) is 3.98. The molecule has 5 aromatic rings. The molecule has 1 atom stereocenters. The van der Waals surface area contributed by atoms with Crippen LogP contribution in [0.4, 0.5) is 11.6 Å². The van der Waals surface area contributed by atoms with Crippen molar-refractivity contribution in [1.29, 1.82) is 0 Å². The third kappa shape index (κ3) is 4.14. The number of pyridine rings is 1. The molecule has 0 fully saturated rings. The topological polar surface area (TPSA) is 167 Å². The van der Waals surface area contributed by atoms with Crippen molar-refractivity contribution < 1.29 is 5.11 Å². The molecule has 0 radical (unpaired) electrons. The summed E-state index contributed by atoms with van der Waals surface area (Å²) in [4.78, 5) is 23.4. The van der Waals surface area contributed by atoms with Crippen LogP contribution in [0.1, 0.15) is 18.7 Å². The molecule has 4 N–H and O–H groups in total. The summed E-state index contributed by atoms with van der Waals surface area (Å²) in [5.74, 6) is 1.20. The number of aromatic nitrogens is 9. The summed E-state index contributed by atoms with van der Waals surface area (Å²) in [6, 6.07) is 8.39. The van der Waals surface area contributed by atoms with Gasteiger partial charge in [-0.25, -0.2) is 9.97 Å². The predicted octanol–water partition coefficient (Wildman–Crippen LogP) is 1.57. The van der Waals surface area contributed by atoms with E-state index < -0.39 is 6.04 Å². The Morgan fingerprint density at radius 2 is 2.06 bits per heavy atom. The number of hydrogen-bond donors (Lipinski definition) is 3. The number of anilines is 2. The molecular formula is C22H22ClN11O2. The van der Waals surface area contributed by atoms with Crippen LogP contribution in [0, 0.1) is 0 Å². The fourth-order valence-corrected chi connectivity index (χ4v) is 4.25. The second-order valence-corrected chi connectivity index (χ2v) is 8.43. The lowest BCUT2D eigenvalue weighted by atomic mass is 10.1. The number of nitrogens with zero attached hydrogens (tertiary/aromatic N) is 9. The van der Waals surface area contributed by atoms with Crippen molar-refractivity contribution >= 4 is 34.0 Å². The van der Waals surface area contributed by atoms with Gasteiger partial charge in [-0.2, -0.15) is 9.90 Å². The molecule has 184 valence electrons. The minimum atomic E-state index is -0.464. The lowest BCUT2D eigenvalue weighted by Crippen LogP contribution is -2.26. The number of aliphatic hydroxyl groups is 1. The summed E-state index contributed by atoms with van der Waals surface area (Å²) in [5.41, 5.74) is 6.80. The molecular weight excluding hydrogens is 486 g/mol. The Morgan fingerprint density at radius 3 is 2.81 bits per heavy atom. The van der Waals surface area contributed by atoms with Gasteiger partial charge in [-0.15, -0.1) is 10.2 Å². The van der Waals surface area contributed by atoms with Crippen LogP contribution in [0.2, 0.25) is 5.02 Å². The van der Waals surface area contributed by atoms with Crippen LogP contribution >= 0.6 is 11.6 Å². The van der Waals surface area contributed by atoms with Crippen molar-refractivity contribution in [3.8, 4) is 17.2 Å². The summed E-state index contributed by atoms with van der Waals surface area (Å²) >= 11 is 6.41. The van der Waals surface area contributed by atoms with E-state index in [1.807, 2.05) is 19.1 Å². The van der Waals surface area contributed by atoms with Gasteiger partial charge >= 0.3 is 0 Å². The maximum atomic E-state index is 13.7. The Kier molecular flexibility index (Phi) is 6.08. The summed E-state index contributed by atoms with van der Waals surface area (Å²) in [7, 11) is 1.64. The van der Waals surface area contributed by atoms with Gasteiger partial charge in [-0.1, -0.05) is 23.7 Å². The first kappa shape index (κ1) is 23.4. The Bertz CT molecular complexity index is 1620. The van der Waals surface area contributed by atoms with Crippen LogP contribution in [0.3, 0.4) is 0 Å². The van der Waals surface area contributed by atoms with Crippen LogP contribution in [-0.4, -0.2) is 56.2 Å². The van der Waals surface area contributed by atoms with Crippen LogP contribution in [0.15, 0.2) is 47.7 Å². The molecule has 0 aliphatic carbocycles. The van der Waals surface area contributed by atoms with Crippen molar-refractivity contribution in [1.82, 2.24) is 44.5 Å². The van der Waals surface area contributed by atoms with Gasteiger partial charge in [0.15, 0.2) is 5.82 Å². The van der Waals surface area contributed by atoms with E-state index in [4.69, 9.17) is 17.3 Å². The number of aliphatic hydroxyl groups excluding tert-OH is 1. The number of aryl methyl sites for hydroxylation is 1. The average molecular weight is 508 g/mol. The molecule has 0 saturated carbocycles. The van der Waals surface area contributed by atoms with Crippen LogP contribution < -0.4 is 16.6 Å². The maximum absolute atomic E-state index is 13.7. The number of benzene rings is 1. The highest BCUT2D eigenvalue weighted by molar-refractivity contribution is 6.35. The van der Waals surface area contributed by atoms with E-state index in [0.29, 0.717) is 45.2 Å². The van der Waals surface area contributed by atoms with Crippen molar-refractivity contribution in [2.24, 2.45) is 7.05 Å². The Balaban J connectivity index is 1.66. The van der Waals surface area contributed by atoms with E-state index in [1.165, 1.54) is 15.7 Å². The predicted molar refractivity (Wildman–Crippen MR) is 134 cm³/mol. The number of fused-ring (bicyclic) bond motifs is 1. The standard InChI is InChI=1S/C22H22ClN11O2/c1-12(27-20-18(19(24)25-11-26-20)21-28-31-32(2)30-21)15-10-13-4-3-5-14(23)17(13)22(36)34(15)16-6-7-33(29-16)8-9-35/h3-7,10-12,35H,8-9H2,1-2H3,(H3,24,25,26,27)/t12-/m0/s1. The first-order chi connectivity index (χ1) is 17.4. The minimum Gasteiger partial charge on any atom is -0.394 e. The highest BCUT2D eigenvalue weighted by Gasteiger charge is 2.22. The number of nitrogens with two attached hydrogens (primary N) is 1. The number of tetrazole rings is 1. The lowest BCUT2D eigenvalue weighted by molar-refractivity contribution is 0.269. The first-order valence-electron chi connectivity index (χ1n) is 11.0. The third-order valence-corrected chi connectivity index (χ3v) is 5.93. The molecule has 0 unspecified atom stereocenters. The summed E-state index contributed by atoms with van der Waals surface area (Å²) in [6.45, 7) is 2.08. The minimum absolute atomic E-state index is 0.0846. The zero-order valence-corrected chi connectivity index (χ0v) is 20.1. The van der Waals surface area contributed by atoms with Gasteiger partial charge < -0.3 is 16.2 Å². The molecule has 1 aromatic carbocycles. The summed E-state index contributed by atoms with van der Waals surface area (Å²) in [5, 5.41) is 30.6. The second-order valence-electron chi connectivity index (χ2n) is 8.03. The third-order valence-electron chi connectivity index (χ3n) is 5.61. The van der Waals surface area contributed by atoms with E-state index in [0.717, 1.165) is 0 Å². The molecule has 0 aliphatic heterocycles. The molecule has 4 heterocycles. The van der Waals surface area contributed by atoms with Crippen molar-refractivity contribution in [3.63, 3.8) is 0 Å². The number of nitrogens with one attached hydrogen (secondary N) is 1. The molecule has 5 rings (SSSR count). The van der Waals surface area contributed by atoms with E-state index in [9.17, 15) is 9.90 Å². The van der Waals surface area contributed by atoms with Gasteiger partial charge in [-0.3, -0.25) is 14.0 Å². The second kappa shape index (κ2) is 9.36. The molecule has 0 aliphatic rings. The van der Waals surface area contributed by atoms with E-state index in [2.05, 4.69) is 35.8 Å². The number of halogens is 1. The quantitative estimate of drug-likeness (QED) is 0.294. The molecule has 13 nitrogen and oxygen atoms in total. The fraction of sp³-hybridized carbons (Fsp3) is 0.227. The highest BCUT2D eigenvalue weighted by Crippen LogP contribution is 2.31. The Labute approximate surface area is 209 Å². The molecule has 36 heavy (non-hydrogen) atoms.